The average Bonchev–Trinajstić information content (AvgIpc) is 2.80. The van der Waals surface area contributed by atoms with Gasteiger partial charge in [0.2, 0.25) is 0 Å². The summed E-state index contributed by atoms with van der Waals surface area (Å²) in [5, 5.41) is 3.43. The molecule has 0 saturated heterocycles. The van der Waals surface area contributed by atoms with E-state index in [0.29, 0.717) is 18.6 Å². The molecule has 0 aliphatic carbocycles. The molecule has 33 heavy (non-hydrogen) atoms. The number of hydrogen-bond donors (Lipinski definition) is 1. The smallest absolute Gasteiger partial charge is 0.129 e. The maximum atomic E-state index is 14.6. The minimum absolute atomic E-state index is 0.150. The van der Waals surface area contributed by atoms with E-state index in [1.807, 2.05) is 18.2 Å². The molecule has 0 fully saturated rings. The van der Waals surface area contributed by atoms with E-state index >= 15 is 0 Å². The lowest BCUT2D eigenvalue weighted by molar-refractivity contribution is 0.303. The Hall–Kier alpha value is -2.29. The molecule has 2 nitrogen and oxygen atoms in total. The van der Waals surface area contributed by atoms with Crippen LogP contribution < -0.4 is 10.1 Å². The van der Waals surface area contributed by atoms with Crippen molar-refractivity contribution < 1.29 is 13.5 Å². The Kier molecular flexibility index (Phi) is 9.84. The first-order chi connectivity index (χ1) is 16.0. The number of benzene rings is 3. The number of aryl methyl sites for hydroxylation is 2. The van der Waals surface area contributed by atoms with Gasteiger partial charge in [-0.05, 0) is 91.8 Å². The number of hydrogen-bond acceptors (Lipinski definition) is 2. The fraction of sp³-hybridized carbons (Fsp3) is 0.357. The van der Waals surface area contributed by atoms with Gasteiger partial charge in [-0.1, -0.05) is 36.4 Å². The number of nitrogens with one attached hydrogen (secondary N) is 1. The molecule has 0 aliphatic rings. The third-order valence-corrected chi connectivity index (χ3v) is 6.40. The molecule has 0 aliphatic heterocycles. The first-order valence-corrected chi connectivity index (χ1v) is 12.4. The molecule has 3 aromatic rings. The topological polar surface area (TPSA) is 21.3 Å². The first-order valence-electron chi connectivity index (χ1n) is 11.6. The molecule has 3 aromatic carbocycles. The quantitative estimate of drug-likeness (QED) is 0.229. The highest BCUT2D eigenvalue weighted by Gasteiger charge is 2.19. The third-order valence-electron chi connectivity index (χ3n) is 5.99. The van der Waals surface area contributed by atoms with Crippen LogP contribution in [0.2, 0.25) is 0 Å². The summed E-state index contributed by atoms with van der Waals surface area (Å²) in [5.41, 5.74) is 5.16. The van der Waals surface area contributed by atoms with Crippen LogP contribution in [0.25, 0.3) is 0 Å². The minimum atomic E-state index is -0.554. The van der Waals surface area contributed by atoms with Gasteiger partial charge in [0.1, 0.15) is 17.4 Å². The van der Waals surface area contributed by atoms with Gasteiger partial charge in [0.05, 0.1) is 6.61 Å². The van der Waals surface area contributed by atoms with E-state index in [0.717, 1.165) is 49.5 Å². The summed E-state index contributed by atoms with van der Waals surface area (Å²) in [6, 6.07) is 18.2. The largest absolute Gasteiger partial charge is 0.494 e. The molecule has 0 saturated carbocycles. The molecular formula is C28H34F2NOP. The molecule has 2 unspecified atom stereocenters. The molecule has 0 spiro atoms. The Balaban J connectivity index is 1.60. The minimum Gasteiger partial charge on any atom is -0.494 e. The van der Waals surface area contributed by atoms with Crippen molar-refractivity contribution in [1.82, 2.24) is 5.32 Å². The van der Waals surface area contributed by atoms with Crippen molar-refractivity contribution >= 4 is 9.24 Å². The second-order valence-electron chi connectivity index (χ2n) is 8.52. The van der Waals surface area contributed by atoms with Gasteiger partial charge >= 0.3 is 0 Å². The van der Waals surface area contributed by atoms with Crippen molar-refractivity contribution in [2.75, 3.05) is 19.3 Å². The van der Waals surface area contributed by atoms with Gasteiger partial charge < -0.3 is 10.1 Å². The second kappa shape index (κ2) is 12.8. The van der Waals surface area contributed by atoms with Gasteiger partial charge in [-0.15, -0.1) is 9.24 Å². The summed E-state index contributed by atoms with van der Waals surface area (Å²) in [5.74, 6) is -0.370. The Morgan fingerprint density at radius 2 is 1.70 bits per heavy atom. The number of ether oxygens (including phenoxy) is 1. The van der Waals surface area contributed by atoms with Crippen molar-refractivity contribution in [3.05, 3.63) is 100 Å². The van der Waals surface area contributed by atoms with Gasteiger partial charge in [-0.2, -0.15) is 0 Å². The van der Waals surface area contributed by atoms with E-state index in [9.17, 15) is 8.78 Å². The second-order valence-corrected chi connectivity index (χ2v) is 9.09. The molecule has 0 amide bonds. The van der Waals surface area contributed by atoms with Crippen LogP contribution in [0.15, 0.2) is 60.7 Å². The highest BCUT2D eigenvalue weighted by molar-refractivity contribution is 7.16. The molecule has 0 heterocycles. The van der Waals surface area contributed by atoms with Crippen molar-refractivity contribution in [2.24, 2.45) is 0 Å². The zero-order valence-electron chi connectivity index (χ0n) is 19.5. The predicted octanol–water partition coefficient (Wildman–Crippen LogP) is 6.93. The summed E-state index contributed by atoms with van der Waals surface area (Å²) >= 11 is 0. The Morgan fingerprint density at radius 1 is 0.909 bits per heavy atom. The van der Waals surface area contributed by atoms with E-state index in [-0.39, 0.29) is 5.92 Å². The number of rotatable bonds is 12. The SMILES string of the molecule is Cc1ccc(C(CCCOc2ccc(CNCCCP)cc2)c2ccc(F)cc2F)cc1C. The molecule has 2 atom stereocenters. The summed E-state index contributed by atoms with van der Waals surface area (Å²) in [4.78, 5) is 0. The molecule has 5 heteroatoms. The van der Waals surface area contributed by atoms with E-state index in [2.05, 4.69) is 52.7 Å². The van der Waals surface area contributed by atoms with Crippen LogP contribution in [0.5, 0.6) is 5.75 Å². The summed E-state index contributed by atoms with van der Waals surface area (Å²) in [6.45, 7) is 6.52. The predicted molar refractivity (Wildman–Crippen MR) is 136 cm³/mol. The molecule has 0 radical (unpaired) electrons. The van der Waals surface area contributed by atoms with Crippen molar-refractivity contribution in [2.45, 2.75) is 45.6 Å². The molecule has 0 bridgehead atoms. The van der Waals surface area contributed by atoms with Crippen molar-refractivity contribution in [1.29, 1.82) is 0 Å². The van der Waals surface area contributed by atoms with Crippen molar-refractivity contribution in [3.63, 3.8) is 0 Å². The first kappa shape index (κ1) is 25.3. The third kappa shape index (κ3) is 7.62. The molecule has 0 aromatic heterocycles. The van der Waals surface area contributed by atoms with Crippen LogP contribution in [0.1, 0.15) is 53.0 Å². The Bertz CT molecular complexity index is 1020. The highest BCUT2D eigenvalue weighted by Crippen LogP contribution is 2.32. The van der Waals surface area contributed by atoms with Crippen LogP contribution in [-0.4, -0.2) is 19.3 Å². The van der Waals surface area contributed by atoms with Gasteiger partial charge in [0.15, 0.2) is 0 Å². The zero-order chi connectivity index (χ0) is 23.6. The zero-order valence-corrected chi connectivity index (χ0v) is 20.7. The normalized spacial score (nSPS) is 12.0. The van der Waals surface area contributed by atoms with Gasteiger partial charge in [-0.3, -0.25) is 0 Å². The fourth-order valence-corrected chi connectivity index (χ4v) is 4.11. The lowest BCUT2D eigenvalue weighted by atomic mass is 9.86. The molecule has 3 rings (SSSR count). The molecular weight excluding hydrogens is 435 g/mol. The highest BCUT2D eigenvalue weighted by atomic mass is 31.0. The lowest BCUT2D eigenvalue weighted by Crippen LogP contribution is -2.14. The van der Waals surface area contributed by atoms with Crippen LogP contribution in [0, 0.1) is 25.5 Å². The van der Waals surface area contributed by atoms with Crippen LogP contribution >= 0.6 is 9.24 Å². The average molecular weight is 470 g/mol. The van der Waals surface area contributed by atoms with Crippen molar-refractivity contribution in [3.8, 4) is 5.75 Å². The van der Waals surface area contributed by atoms with Crippen LogP contribution in [0.4, 0.5) is 8.78 Å². The van der Waals surface area contributed by atoms with E-state index in [1.165, 1.54) is 22.8 Å². The van der Waals surface area contributed by atoms with Crippen LogP contribution in [-0.2, 0) is 6.54 Å². The Morgan fingerprint density at radius 3 is 2.39 bits per heavy atom. The van der Waals surface area contributed by atoms with Gasteiger partial charge in [-0.25, -0.2) is 8.78 Å². The Labute approximate surface area is 199 Å². The van der Waals surface area contributed by atoms with Gasteiger partial charge in [0.25, 0.3) is 0 Å². The summed E-state index contributed by atoms with van der Waals surface area (Å²) in [6.07, 6.45) is 3.73. The maximum Gasteiger partial charge on any atom is 0.129 e. The van der Waals surface area contributed by atoms with Gasteiger partial charge in [0, 0.05) is 18.5 Å². The summed E-state index contributed by atoms with van der Waals surface area (Å²) in [7, 11) is 2.74. The monoisotopic (exact) mass is 469 g/mol. The maximum absolute atomic E-state index is 14.6. The van der Waals surface area contributed by atoms with E-state index in [4.69, 9.17) is 4.74 Å². The molecule has 1 N–H and O–H groups in total. The van der Waals surface area contributed by atoms with E-state index < -0.39 is 11.6 Å². The van der Waals surface area contributed by atoms with E-state index in [1.54, 1.807) is 6.07 Å². The fourth-order valence-electron chi connectivity index (χ4n) is 3.91. The lowest BCUT2D eigenvalue weighted by Gasteiger charge is -2.20. The molecule has 176 valence electrons. The summed E-state index contributed by atoms with van der Waals surface area (Å²) < 4.78 is 34.1. The number of halogens is 2. The van der Waals surface area contributed by atoms with Crippen LogP contribution in [0.3, 0.4) is 0 Å². The standard InChI is InChI=1S/C28H34F2NOP/c1-20-6-9-23(17-21(20)2)26(27-13-10-24(29)18-28(27)30)5-3-15-32-25-11-7-22(8-12-25)19-31-14-4-16-33/h6-13,17-18,26,31H,3-5,14-16,19,33H2,1-2H3.